The Morgan fingerprint density at radius 1 is 1.44 bits per heavy atom. The van der Waals surface area contributed by atoms with Crippen molar-refractivity contribution in [3.05, 3.63) is 34.1 Å². The minimum atomic E-state index is -0.245. The number of hydrogen-bond donors (Lipinski definition) is 1. The van der Waals surface area contributed by atoms with Crippen LogP contribution in [0.25, 0.3) is 0 Å². The minimum absolute atomic E-state index is 0.105. The largest absolute Gasteiger partial charge is 0.396 e. The Morgan fingerprint density at radius 2 is 2.12 bits per heavy atom. The number of halogens is 2. The van der Waals surface area contributed by atoms with Crippen molar-refractivity contribution < 1.29 is 9.50 Å². The third-order valence-electron chi connectivity index (χ3n) is 2.85. The summed E-state index contributed by atoms with van der Waals surface area (Å²) in [6.45, 7) is 4.33. The van der Waals surface area contributed by atoms with Crippen LogP contribution in [0.5, 0.6) is 0 Å². The van der Waals surface area contributed by atoms with E-state index in [1.165, 1.54) is 6.07 Å². The quantitative estimate of drug-likeness (QED) is 0.870. The van der Waals surface area contributed by atoms with Crippen LogP contribution in [-0.2, 0) is 6.42 Å². The summed E-state index contributed by atoms with van der Waals surface area (Å²) >= 11 is 3.18. The maximum atomic E-state index is 13.1. The predicted molar refractivity (Wildman–Crippen MR) is 67.9 cm³/mol. The van der Waals surface area contributed by atoms with E-state index in [0.29, 0.717) is 4.47 Å². The van der Waals surface area contributed by atoms with Crippen LogP contribution in [0.4, 0.5) is 4.39 Å². The first kappa shape index (κ1) is 13.7. The second-order valence-corrected chi connectivity index (χ2v) is 5.50. The molecule has 16 heavy (non-hydrogen) atoms. The highest BCUT2D eigenvalue weighted by molar-refractivity contribution is 9.10. The summed E-state index contributed by atoms with van der Waals surface area (Å²) in [4.78, 5) is 0. The second-order valence-electron chi connectivity index (χ2n) is 4.64. The normalized spacial score (nSPS) is 14.8. The zero-order valence-corrected chi connectivity index (χ0v) is 11.3. The van der Waals surface area contributed by atoms with Gasteiger partial charge in [-0.1, -0.05) is 26.3 Å². The predicted octanol–water partition coefficient (Wildman–Crippen LogP) is 3.93. The summed E-state index contributed by atoms with van der Waals surface area (Å²) in [6.07, 6.45) is 2.79. The molecule has 90 valence electrons. The van der Waals surface area contributed by atoms with Gasteiger partial charge in [0.1, 0.15) is 5.82 Å². The molecule has 1 aromatic rings. The molecular formula is C13H18BrFO. The molecule has 1 aromatic carbocycles. The number of aliphatic hydroxyl groups excluding tert-OH is 1. The van der Waals surface area contributed by atoms with Crippen LogP contribution in [0.1, 0.15) is 32.3 Å². The van der Waals surface area contributed by atoms with Crippen molar-refractivity contribution in [3.8, 4) is 0 Å². The Kier molecular flexibility index (Phi) is 4.93. The van der Waals surface area contributed by atoms with Gasteiger partial charge in [-0.15, -0.1) is 0 Å². The molecule has 0 heterocycles. The minimum Gasteiger partial charge on any atom is -0.396 e. The highest BCUT2D eigenvalue weighted by Crippen LogP contribution is 2.29. The molecule has 0 fully saturated rings. The maximum Gasteiger partial charge on any atom is 0.137 e. The van der Waals surface area contributed by atoms with Gasteiger partial charge >= 0.3 is 0 Å². The summed E-state index contributed by atoms with van der Waals surface area (Å²) < 4.78 is 13.6. The van der Waals surface area contributed by atoms with Crippen LogP contribution in [0.2, 0.25) is 0 Å². The Balaban J connectivity index is 2.81. The van der Waals surface area contributed by atoms with Gasteiger partial charge in [-0.3, -0.25) is 0 Å². The van der Waals surface area contributed by atoms with E-state index < -0.39 is 0 Å². The standard InChI is InChI=1S/C13H18BrFO/c1-3-6-13(2,9-16)8-10-4-5-12(15)11(14)7-10/h4-5,7,16H,3,6,8-9H2,1-2H3. The van der Waals surface area contributed by atoms with Crippen LogP contribution in [0.3, 0.4) is 0 Å². The van der Waals surface area contributed by atoms with Gasteiger partial charge in [-0.05, 0) is 51.9 Å². The second kappa shape index (κ2) is 5.78. The van der Waals surface area contributed by atoms with Gasteiger partial charge in [0.15, 0.2) is 0 Å². The number of aliphatic hydroxyl groups is 1. The van der Waals surface area contributed by atoms with E-state index >= 15 is 0 Å². The molecular weight excluding hydrogens is 271 g/mol. The molecule has 0 aliphatic carbocycles. The van der Waals surface area contributed by atoms with Crippen molar-refractivity contribution in [2.75, 3.05) is 6.61 Å². The Hall–Kier alpha value is -0.410. The summed E-state index contributed by atoms with van der Waals surface area (Å²) in [7, 11) is 0. The lowest BCUT2D eigenvalue weighted by atomic mass is 9.80. The van der Waals surface area contributed by atoms with Gasteiger partial charge in [0.05, 0.1) is 4.47 Å². The van der Waals surface area contributed by atoms with E-state index in [9.17, 15) is 9.50 Å². The topological polar surface area (TPSA) is 20.2 Å². The molecule has 0 bridgehead atoms. The maximum absolute atomic E-state index is 13.1. The van der Waals surface area contributed by atoms with Crippen LogP contribution >= 0.6 is 15.9 Å². The lowest BCUT2D eigenvalue weighted by Crippen LogP contribution is -2.24. The summed E-state index contributed by atoms with van der Waals surface area (Å²) in [6, 6.07) is 5.03. The molecule has 1 nitrogen and oxygen atoms in total. The lowest BCUT2D eigenvalue weighted by Gasteiger charge is -2.27. The van der Waals surface area contributed by atoms with Crippen molar-refractivity contribution in [2.24, 2.45) is 5.41 Å². The third-order valence-corrected chi connectivity index (χ3v) is 3.46. The SMILES string of the molecule is CCCC(C)(CO)Cc1ccc(F)c(Br)c1. The van der Waals surface area contributed by atoms with Gasteiger partial charge in [-0.2, -0.15) is 0 Å². The smallest absolute Gasteiger partial charge is 0.137 e. The van der Waals surface area contributed by atoms with Crippen molar-refractivity contribution in [3.63, 3.8) is 0 Å². The average Bonchev–Trinajstić information content (AvgIpc) is 2.24. The summed E-state index contributed by atoms with van der Waals surface area (Å²) in [5, 5.41) is 9.42. The number of hydrogen-bond acceptors (Lipinski definition) is 1. The van der Waals surface area contributed by atoms with E-state index in [0.717, 1.165) is 24.8 Å². The van der Waals surface area contributed by atoms with E-state index in [1.807, 2.05) is 0 Å². The van der Waals surface area contributed by atoms with Gasteiger partial charge in [0.25, 0.3) is 0 Å². The molecule has 0 aliphatic rings. The fourth-order valence-corrected chi connectivity index (χ4v) is 2.40. The molecule has 0 spiro atoms. The molecule has 3 heteroatoms. The summed E-state index contributed by atoms with van der Waals surface area (Å²) in [5.41, 5.74) is 0.949. The molecule has 0 amide bonds. The van der Waals surface area contributed by atoms with Crippen molar-refractivity contribution in [1.82, 2.24) is 0 Å². The molecule has 1 rings (SSSR count). The fraction of sp³-hybridized carbons (Fsp3) is 0.538. The molecule has 0 aromatic heterocycles. The van der Waals surface area contributed by atoms with Gasteiger partial charge in [0, 0.05) is 6.61 Å². The molecule has 1 unspecified atom stereocenters. The average molecular weight is 289 g/mol. The monoisotopic (exact) mass is 288 g/mol. The van der Waals surface area contributed by atoms with E-state index in [2.05, 4.69) is 29.8 Å². The van der Waals surface area contributed by atoms with Crippen LogP contribution in [0, 0.1) is 11.2 Å². The first-order valence-electron chi connectivity index (χ1n) is 5.55. The summed E-state index contributed by atoms with van der Waals surface area (Å²) in [5.74, 6) is -0.245. The zero-order chi connectivity index (χ0) is 12.2. The van der Waals surface area contributed by atoms with Crippen LogP contribution < -0.4 is 0 Å². The molecule has 1 atom stereocenters. The Morgan fingerprint density at radius 3 is 2.62 bits per heavy atom. The van der Waals surface area contributed by atoms with Crippen LogP contribution in [-0.4, -0.2) is 11.7 Å². The lowest BCUT2D eigenvalue weighted by molar-refractivity contribution is 0.131. The fourth-order valence-electron chi connectivity index (χ4n) is 1.97. The van der Waals surface area contributed by atoms with E-state index in [4.69, 9.17) is 0 Å². The van der Waals surface area contributed by atoms with E-state index in [-0.39, 0.29) is 17.8 Å². The Labute approximate surface area is 105 Å². The van der Waals surface area contributed by atoms with Gasteiger partial charge < -0.3 is 5.11 Å². The van der Waals surface area contributed by atoms with E-state index in [1.54, 1.807) is 12.1 Å². The van der Waals surface area contributed by atoms with Crippen molar-refractivity contribution in [1.29, 1.82) is 0 Å². The molecule has 0 saturated carbocycles. The third kappa shape index (κ3) is 3.56. The first-order valence-corrected chi connectivity index (χ1v) is 6.35. The first-order chi connectivity index (χ1) is 7.50. The highest BCUT2D eigenvalue weighted by Gasteiger charge is 2.22. The van der Waals surface area contributed by atoms with Crippen molar-refractivity contribution >= 4 is 15.9 Å². The highest BCUT2D eigenvalue weighted by atomic mass is 79.9. The number of rotatable bonds is 5. The van der Waals surface area contributed by atoms with Crippen LogP contribution in [0.15, 0.2) is 22.7 Å². The van der Waals surface area contributed by atoms with Crippen molar-refractivity contribution in [2.45, 2.75) is 33.1 Å². The molecule has 0 saturated heterocycles. The number of benzene rings is 1. The molecule has 0 aliphatic heterocycles. The van der Waals surface area contributed by atoms with Gasteiger partial charge in [-0.25, -0.2) is 4.39 Å². The Bertz CT molecular complexity index is 354. The molecule has 1 N–H and O–H groups in total. The molecule has 0 radical (unpaired) electrons. The zero-order valence-electron chi connectivity index (χ0n) is 9.76. The van der Waals surface area contributed by atoms with Gasteiger partial charge in [0.2, 0.25) is 0 Å².